The van der Waals surface area contributed by atoms with Gasteiger partial charge < -0.3 is 5.32 Å². The molecule has 0 spiro atoms. The van der Waals surface area contributed by atoms with Crippen molar-refractivity contribution in [2.75, 3.05) is 6.54 Å². The maximum Gasteiger partial charge on any atom is 0.252 e. The topological polar surface area (TPSA) is 29.1 Å². The summed E-state index contributed by atoms with van der Waals surface area (Å²) in [4.78, 5) is 12.5. The Hall–Kier alpha value is -0.350. The van der Waals surface area contributed by atoms with Gasteiger partial charge in [-0.3, -0.25) is 4.79 Å². The van der Waals surface area contributed by atoms with Crippen molar-refractivity contribution in [3.8, 4) is 0 Å². The molecule has 2 atom stereocenters. The van der Waals surface area contributed by atoms with Crippen LogP contribution < -0.4 is 5.32 Å². The quantitative estimate of drug-likeness (QED) is 0.852. The fourth-order valence-corrected chi connectivity index (χ4v) is 3.75. The van der Waals surface area contributed by atoms with Crippen LogP contribution in [0.2, 0.25) is 0 Å². The van der Waals surface area contributed by atoms with Gasteiger partial charge in [0.2, 0.25) is 0 Å². The number of amides is 1. The van der Waals surface area contributed by atoms with Crippen LogP contribution in [0.4, 0.5) is 0 Å². The highest BCUT2D eigenvalue weighted by molar-refractivity contribution is 9.09. The Morgan fingerprint density at radius 1 is 1.56 bits per heavy atom. The van der Waals surface area contributed by atoms with Gasteiger partial charge in [0.1, 0.15) is 0 Å². The molecule has 1 N–H and O–H groups in total. The first kappa shape index (κ1) is 12.1. The zero-order chi connectivity index (χ0) is 11.5. The zero-order valence-electron chi connectivity index (χ0n) is 9.33. The number of alkyl halides is 1. The highest BCUT2D eigenvalue weighted by Gasteiger charge is 2.23. The van der Waals surface area contributed by atoms with E-state index in [2.05, 4.69) is 21.2 Å². The standard InChI is InChI=1S/C12H16BrNOS/c1-8-6-16-7-11(8)12(15)14-5-9-2-3-10(13)4-9/h6-7,9-10H,2-5H2,1H3,(H,14,15). The number of nitrogens with one attached hydrogen (secondary N) is 1. The molecule has 1 aliphatic carbocycles. The van der Waals surface area contributed by atoms with Crippen molar-refractivity contribution in [1.82, 2.24) is 5.32 Å². The molecular weight excluding hydrogens is 286 g/mol. The zero-order valence-corrected chi connectivity index (χ0v) is 11.7. The molecule has 1 aliphatic rings. The summed E-state index contributed by atoms with van der Waals surface area (Å²) in [7, 11) is 0. The molecule has 88 valence electrons. The van der Waals surface area contributed by atoms with E-state index in [4.69, 9.17) is 0 Å². The number of thiophene rings is 1. The summed E-state index contributed by atoms with van der Waals surface area (Å²) in [6.45, 7) is 2.80. The van der Waals surface area contributed by atoms with Crippen LogP contribution in [-0.2, 0) is 0 Å². The second-order valence-corrected chi connectivity index (χ2v) is 6.49. The van der Waals surface area contributed by atoms with Crippen molar-refractivity contribution in [3.63, 3.8) is 0 Å². The number of hydrogen-bond donors (Lipinski definition) is 1. The number of halogens is 1. The smallest absolute Gasteiger partial charge is 0.252 e. The molecule has 1 aromatic heterocycles. The molecule has 4 heteroatoms. The maximum atomic E-state index is 11.8. The van der Waals surface area contributed by atoms with E-state index in [1.807, 2.05) is 17.7 Å². The van der Waals surface area contributed by atoms with E-state index in [0.717, 1.165) is 17.7 Å². The largest absolute Gasteiger partial charge is 0.352 e. The second kappa shape index (κ2) is 5.32. The van der Waals surface area contributed by atoms with Crippen LogP contribution in [0.3, 0.4) is 0 Å². The van der Waals surface area contributed by atoms with Crippen molar-refractivity contribution in [2.24, 2.45) is 5.92 Å². The van der Waals surface area contributed by atoms with Crippen molar-refractivity contribution in [1.29, 1.82) is 0 Å². The van der Waals surface area contributed by atoms with E-state index >= 15 is 0 Å². The summed E-state index contributed by atoms with van der Waals surface area (Å²) in [6, 6.07) is 0. The third kappa shape index (κ3) is 2.86. The van der Waals surface area contributed by atoms with Gasteiger partial charge in [0, 0.05) is 16.8 Å². The molecule has 0 aromatic carbocycles. The lowest BCUT2D eigenvalue weighted by Gasteiger charge is -2.10. The van der Waals surface area contributed by atoms with Gasteiger partial charge in [-0.2, -0.15) is 11.3 Å². The Morgan fingerprint density at radius 3 is 2.94 bits per heavy atom. The number of carbonyl (C=O) groups excluding carboxylic acids is 1. The molecule has 0 bridgehead atoms. The molecular formula is C12H16BrNOS. The van der Waals surface area contributed by atoms with Crippen LogP contribution in [0.25, 0.3) is 0 Å². The number of aryl methyl sites for hydroxylation is 1. The first-order chi connectivity index (χ1) is 7.66. The van der Waals surface area contributed by atoms with E-state index in [9.17, 15) is 4.79 Å². The predicted molar refractivity (Wildman–Crippen MR) is 71.4 cm³/mol. The highest BCUT2D eigenvalue weighted by atomic mass is 79.9. The van der Waals surface area contributed by atoms with Crippen molar-refractivity contribution in [3.05, 3.63) is 21.9 Å². The second-order valence-electron chi connectivity index (χ2n) is 4.45. The lowest BCUT2D eigenvalue weighted by Crippen LogP contribution is -2.28. The molecule has 2 unspecified atom stereocenters. The summed E-state index contributed by atoms with van der Waals surface area (Å²) in [5, 5.41) is 6.97. The minimum Gasteiger partial charge on any atom is -0.352 e. The van der Waals surface area contributed by atoms with E-state index in [0.29, 0.717) is 10.7 Å². The van der Waals surface area contributed by atoms with Crippen molar-refractivity contribution in [2.45, 2.75) is 31.0 Å². The minimum absolute atomic E-state index is 0.0803. The fraction of sp³-hybridized carbons (Fsp3) is 0.583. The van der Waals surface area contributed by atoms with Gasteiger partial charge in [-0.25, -0.2) is 0 Å². The van der Waals surface area contributed by atoms with Crippen LogP contribution in [0.15, 0.2) is 10.8 Å². The first-order valence-electron chi connectivity index (χ1n) is 5.62. The normalized spacial score (nSPS) is 24.6. The molecule has 16 heavy (non-hydrogen) atoms. The number of hydrogen-bond acceptors (Lipinski definition) is 2. The van der Waals surface area contributed by atoms with Gasteiger partial charge in [-0.1, -0.05) is 15.9 Å². The van der Waals surface area contributed by atoms with Gasteiger partial charge in [0.25, 0.3) is 5.91 Å². The Kier molecular flexibility index (Phi) is 4.03. The van der Waals surface area contributed by atoms with Crippen LogP contribution >= 0.6 is 27.3 Å². The molecule has 0 aliphatic heterocycles. The Balaban J connectivity index is 1.82. The summed E-state index contributed by atoms with van der Waals surface area (Å²) in [5.41, 5.74) is 1.91. The van der Waals surface area contributed by atoms with E-state index in [-0.39, 0.29) is 5.91 Å². The molecule has 1 saturated carbocycles. The number of rotatable bonds is 3. The van der Waals surface area contributed by atoms with E-state index in [1.54, 1.807) is 11.3 Å². The van der Waals surface area contributed by atoms with Crippen molar-refractivity contribution < 1.29 is 4.79 Å². The predicted octanol–water partition coefficient (Wildman–Crippen LogP) is 3.35. The summed E-state index contributed by atoms with van der Waals surface area (Å²) in [6.07, 6.45) is 3.64. The maximum absolute atomic E-state index is 11.8. The lowest BCUT2D eigenvalue weighted by molar-refractivity contribution is 0.0947. The highest BCUT2D eigenvalue weighted by Crippen LogP contribution is 2.30. The summed E-state index contributed by atoms with van der Waals surface area (Å²) < 4.78 is 0. The molecule has 1 aromatic rings. The van der Waals surface area contributed by atoms with Gasteiger partial charge in [-0.05, 0) is 43.0 Å². The monoisotopic (exact) mass is 301 g/mol. The third-order valence-electron chi connectivity index (χ3n) is 3.13. The third-order valence-corrected chi connectivity index (χ3v) is 4.82. The Morgan fingerprint density at radius 2 is 2.38 bits per heavy atom. The average Bonchev–Trinajstić information content (AvgIpc) is 2.84. The Labute approximate surface area is 109 Å². The molecule has 1 heterocycles. The van der Waals surface area contributed by atoms with Gasteiger partial charge >= 0.3 is 0 Å². The lowest BCUT2D eigenvalue weighted by atomic mass is 10.1. The SMILES string of the molecule is Cc1cscc1C(=O)NCC1CCC(Br)C1. The minimum atomic E-state index is 0.0803. The van der Waals surface area contributed by atoms with Gasteiger partial charge in [-0.15, -0.1) is 0 Å². The summed E-state index contributed by atoms with van der Waals surface area (Å²) in [5.74, 6) is 0.726. The molecule has 0 saturated heterocycles. The molecule has 2 rings (SSSR count). The fourth-order valence-electron chi connectivity index (χ4n) is 2.12. The van der Waals surface area contributed by atoms with Crippen molar-refractivity contribution >= 4 is 33.2 Å². The molecule has 1 fully saturated rings. The van der Waals surface area contributed by atoms with Gasteiger partial charge in [0.05, 0.1) is 5.56 Å². The average molecular weight is 302 g/mol. The number of carbonyl (C=O) groups is 1. The van der Waals surface area contributed by atoms with E-state index in [1.165, 1.54) is 19.3 Å². The molecule has 2 nitrogen and oxygen atoms in total. The molecule has 0 radical (unpaired) electrons. The Bertz CT molecular complexity index is 377. The van der Waals surface area contributed by atoms with Crippen LogP contribution in [0.1, 0.15) is 35.2 Å². The van der Waals surface area contributed by atoms with Gasteiger partial charge in [0.15, 0.2) is 0 Å². The summed E-state index contributed by atoms with van der Waals surface area (Å²) >= 11 is 5.21. The van der Waals surface area contributed by atoms with Crippen LogP contribution in [-0.4, -0.2) is 17.3 Å². The van der Waals surface area contributed by atoms with E-state index < -0.39 is 0 Å². The first-order valence-corrected chi connectivity index (χ1v) is 7.47. The molecule has 1 amide bonds. The van der Waals surface area contributed by atoms with Crippen LogP contribution in [0.5, 0.6) is 0 Å². The van der Waals surface area contributed by atoms with Crippen LogP contribution in [0, 0.1) is 12.8 Å².